The summed E-state index contributed by atoms with van der Waals surface area (Å²) in [5, 5.41) is 11.3. The molecule has 0 aliphatic carbocycles. The first-order chi connectivity index (χ1) is 13.1. The third-order valence-electron chi connectivity index (χ3n) is 4.69. The molecule has 0 aliphatic rings. The molecule has 2 aromatic heterocycles. The number of rotatable bonds is 4. The van der Waals surface area contributed by atoms with Gasteiger partial charge >= 0.3 is 6.18 Å². The van der Waals surface area contributed by atoms with Crippen molar-refractivity contribution in [2.75, 3.05) is 5.32 Å². The van der Waals surface area contributed by atoms with Crippen molar-refractivity contribution in [2.45, 2.75) is 33.5 Å². The highest BCUT2D eigenvalue weighted by molar-refractivity contribution is 6.05. The molecule has 0 saturated carbocycles. The van der Waals surface area contributed by atoms with E-state index < -0.39 is 11.7 Å². The summed E-state index contributed by atoms with van der Waals surface area (Å²) in [6.07, 6.45) is -2.91. The number of amides is 1. The molecule has 0 aliphatic heterocycles. The van der Waals surface area contributed by atoms with Crippen molar-refractivity contribution >= 4 is 11.6 Å². The quantitative estimate of drug-likeness (QED) is 0.735. The van der Waals surface area contributed by atoms with E-state index in [1.807, 2.05) is 0 Å². The Bertz CT molecular complexity index is 1030. The summed E-state index contributed by atoms with van der Waals surface area (Å²) >= 11 is 0. The molecular formula is C19H20F3N5O. The fourth-order valence-electron chi connectivity index (χ4n) is 2.95. The van der Waals surface area contributed by atoms with Gasteiger partial charge in [0.05, 0.1) is 40.9 Å². The lowest BCUT2D eigenvalue weighted by Crippen LogP contribution is -2.14. The molecule has 1 amide bonds. The fourth-order valence-corrected chi connectivity index (χ4v) is 2.95. The van der Waals surface area contributed by atoms with E-state index in [0.717, 1.165) is 17.8 Å². The summed E-state index contributed by atoms with van der Waals surface area (Å²) in [4.78, 5) is 12.5. The first-order valence-corrected chi connectivity index (χ1v) is 8.58. The molecule has 0 spiro atoms. The first-order valence-electron chi connectivity index (χ1n) is 8.58. The number of benzene rings is 1. The minimum atomic E-state index is -4.40. The van der Waals surface area contributed by atoms with E-state index in [-0.39, 0.29) is 12.5 Å². The zero-order chi connectivity index (χ0) is 20.6. The van der Waals surface area contributed by atoms with Crippen LogP contribution < -0.4 is 5.32 Å². The van der Waals surface area contributed by atoms with Gasteiger partial charge in [-0.3, -0.25) is 14.2 Å². The smallest absolute Gasteiger partial charge is 0.319 e. The number of alkyl halides is 3. The van der Waals surface area contributed by atoms with E-state index in [1.54, 1.807) is 43.2 Å². The van der Waals surface area contributed by atoms with Crippen molar-refractivity contribution in [3.8, 4) is 0 Å². The molecule has 3 aromatic rings. The highest BCUT2D eigenvalue weighted by atomic mass is 19.4. The molecule has 1 aromatic carbocycles. The molecule has 148 valence electrons. The standard InChI is InChI=1S/C19H20F3N5O/c1-11-17(24-18(28)16-9-23-26(4)12(16)2)13(3)27(25-11)10-14-6-5-7-15(8-14)19(20,21)22/h5-9H,10H2,1-4H3,(H,24,28). The summed E-state index contributed by atoms with van der Waals surface area (Å²) in [7, 11) is 1.75. The number of carbonyl (C=O) groups is 1. The summed E-state index contributed by atoms with van der Waals surface area (Å²) in [5.74, 6) is -0.310. The van der Waals surface area contributed by atoms with Crippen LogP contribution in [0.15, 0.2) is 30.5 Å². The molecule has 9 heteroatoms. The zero-order valence-corrected chi connectivity index (χ0v) is 15.9. The number of anilines is 1. The lowest BCUT2D eigenvalue weighted by atomic mass is 10.1. The maximum Gasteiger partial charge on any atom is 0.416 e. The van der Waals surface area contributed by atoms with E-state index in [0.29, 0.717) is 28.2 Å². The number of halogens is 3. The average molecular weight is 391 g/mol. The van der Waals surface area contributed by atoms with Crippen molar-refractivity contribution in [3.63, 3.8) is 0 Å². The molecule has 0 bridgehead atoms. The highest BCUT2D eigenvalue weighted by Crippen LogP contribution is 2.30. The molecule has 3 rings (SSSR count). The van der Waals surface area contributed by atoms with Crippen molar-refractivity contribution in [2.24, 2.45) is 7.05 Å². The van der Waals surface area contributed by atoms with Crippen LogP contribution in [0, 0.1) is 20.8 Å². The van der Waals surface area contributed by atoms with E-state index in [2.05, 4.69) is 15.5 Å². The van der Waals surface area contributed by atoms with E-state index in [9.17, 15) is 18.0 Å². The van der Waals surface area contributed by atoms with Gasteiger partial charge in [-0.05, 0) is 38.5 Å². The van der Waals surface area contributed by atoms with Gasteiger partial charge in [-0.25, -0.2) is 0 Å². The number of nitrogens with one attached hydrogen (secondary N) is 1. The normalized spacial score (nSPS) is 11.7. The largest absolute Gasteiger partial charge is 0.416 e. The predicted molar refractivity (Wildman–Crippen MR) is 98.1 cm³/mol. The second-order valence-corrected chi connectivity index (χ2v) is 6.62. The fraction of sp³-hybridized carbons (Fsp3) is 0.316. The van der Waals surface area contributed by atoms with Crippen LogP contribution in [0.1, 0.15) is 38.6 Å². The van der Waals surface area contributed by atoms with Gasteiger partial charge in [-0.2, -0.15) is 23.4 Å². The number of aromatic nitrogens is 4. The Morgan fingerprint density at radius 1 is 1.18 bits per heavy atom. The van der Waals surface area contributed by atoms with Gasteiger partial charge in [0.15, 0.2) is 0 Å². The van der Waals surface area contributed by atoms with Gasteiger partial charge in [0.25, 0.3) is 5.91 Å². The topological polar surface area (TPSA) is 64.7 Å². The zero-order valence-electron chi connectivity index (χ0n) is 15.9. The Morgan fingerprint density at radius 3 is 2.50 bits per heavy atom. The minimum absolute atomic E-state index is 0.165. The lowest BCUT2D eigenvalue weighted by Gasteiger charge is -2.10. The second-order valence-electron chi connectivity index (χ2n) is 6.62. The number of hydrogen-bond acceptors (Lipinski definition) is 3. The average Bonchev–Trinajstić information content (AvgIpc) is 3.08. The van der Waals surface area contributed by atoms with E-state index in [4.69, 9.17) is 0 Å². The molecule has 1 N–H and O–H groups in total. The molecule has 0 saturated heterocycles. The van der Waals surface area contributed by atoms with Gasteiger partial charge in [0.2, 0.25) is 0 Å². The molecule has 0 atom stereocenters. The summed E-state index contributed by atoms with van der Waals surface area (Å²) in [5.41, 5.74) is 2.73. The Kier molecular flexibility index (Phi) is 5.01. The van der Waals surface area contributed by atoms with Crippen LogP contribution in [0.4, 0.5) is 18.9 Å². The number of carbonyl (C=O) groups excluding carboxylic acids is 1. The van der Waals surface area contributed by atoms with E-state index in [1.165, 1.54) is 12.3 Å². The van der Waals surface area contributed by atoms with Gasteiger partial charge in [-0.15, -0.1) is 0 Å². The summed E-state index contributed by atoms with van der Waals surface area (Å²) in [6.45, 7) is 5.46. The van der Waals surface area contributed by atoms with Crippen molar-refractivity contribution < 1.29 is 18.0 Å². The Labute approximate surface area is 160 Å². The van der Waals surface area contributed by atoms with Gasteiger partial charge < -0.3 is 5.32 Å². The molecule has 0 fully saturated rings. The van der Waals surface area contributed by atoms with Gasteiger partial charge in [-0.1, -0.05) is 12.1 Å². The van der Waals surface area contributed by atoms with Crippen LogP contribution in [0.25, 0.3) is 0 Å². The predicted octanol–water partition coefficient (Wildman–Crippen LogP) is 3.86. The van der Waals surface area contributed by atoms with Crippen LogP contribution in [0.3, 0.4) is 0 Å². The SMILES string of the molecule is Cc1nn(Cc2cccc(C(F)(F)F)c2)c(C)c1NC(=O)c1cnn(C)c1C. The summed E-state index contributed by atoms with van der Waals surface area (Å²) in [6, 6.07) is 5.13. The van der Waals surface area contributed by atoms with Gasteiger partial charge in [0, 0.05) is 12.7 Å². The Hall–Kier alpha value is -3.10. The van der Waals surface area contributed by atoms with Crippen molar-refractivity contribution in [1.29, 1.82) is 0 Å². The van der Waals surface area contributed by atoms with Crippen molar-refractivity contribution in [3.05, 3.63) is 64.2 Å². The van der Waals surface area contributed by atoms with E-state index >= 15 is 0 Å². The Balaban J connectivity index is 1.84. The number of hydrogen-bond donors (Lipinski definition) is 1. The van der Waals surface area contributed by atoms with Crippen LogP contribution >= 0.6 is 0 Å². The molecular weight excluding hydrogens is 371 g/mol. The maximum atomic E-state index is 12.9. The summed E-state index contributed by atoms with van der Waals surface area (Å²) < 4.78 is 41.9. The van der Waals surface area contributed by atoms with Crippen molar-refractivity contribution in [1.82, 2.24) is 19.6 Å². The molecule has 0 unspecified atom stereocenters. The first kappa shape index (κ1) is 19.7. The lowest BCUT2D eigenvalue weighted by molar-refractivity contribution is -0.137. The maximum absolute atomic E-state index is 12.9. The van der Waals surface area contributed by atoms with Crippen LogP contribution in [0.2, 0.25) is 0 Å². The van der Waals surface area contributed by atoms with Gasteiger partial charge in [0.1, 0.15) is 0 Å². The van der Waals surface area contributed by atoms with Crippen LogP contribution in [-0.4, -0.2) is 25.5 Å². The molecule has 0 radical (unpaired) electrons. The third-order valence-corrected chi connectivity index (χ3v) is 4.69. The highest BCUT2D eigenvalue weighted by Gasteiger charge is 2.30. The third kappa shape index (κ3) is 3.78. The number of nitrogens with zero attached hydrogens (tertiary/aromatic N) is 4. The number of aryl methyl sites for hydroxylation is 2. The van der Waals surface area contributed by atoms with Crippen LogP contribution in [0.5, 0.6) is 0 Å². The molecule has 2 heterocycles. The van der Waals surface area contributed by atoms with Crippen LogP contribution in [-0.2, 0) is 19.8 Å². The second kappa shape index (κ2) is 7.14. The molecule has 28 heavy (non-hydrogen) atoms. The minimum Gasteiger partial charge on any atom is -0.319 e. The monoisotopic (exact) mass is 391 g/mol. The molecule has 6 nitrogen and oxygen atoms in total. The Morgan fingerprint density at radius 2 is 1.89 bits per heavy atom.